The van der Waals surface area contributed by atoms with Crippen molar-refractivity contribution < 1.29 is 4.79 Å². The second-order valence-corrected chi connectivity index (χ2v) is 4.12. The van der Waals surface area contributed by atoms with Crippen molar-refractivity contribution in [2.45, 2.75) is 46.0 Å². The Bertz CT molecular complexity index is 298. The Morgan fingerprint density at radius 2 is 1.60 bits per heavy atom. The van der Waals surface area contributed by atoms with Crippen molar-refractivity contribution in [3.8, 4) is 0 Å². The minimum Gasteiger partial charge on any atom is -0.300 e. The molecule has 0 radical (unpaired) electrons. The van der Waals surface area contributed by atoms with Gasteiger partial charge in [-0.1, -0.05) is 37.6 Å². The zero-order valence-corrected chi connectivity index (χ0v) is 9.75. The third kappa shape index (κ3) is 4.78. The Hall–Kier alpha value is -1.11. The highest BCUT2D eigenvalue weighted by Gasteiger charge is 1.97. The number of carbonyl (C=O) groups excluding carboxylic acids is 1. The largest absolute Gasteiger partial charge is 0.300 e. The van der Waals surface area contributed by atoms with E-state index in [-0.39, 0.29) is 5.78 Å². The predicted octanol–water partition coefficient (Wildman–Crippen LogP) is 3.55. The van der Waals surface area contributed by atoms with E-state index < -0.39 is 0 Å². The van der Waals surface area contributed by atoms with Gasteiger partial charge in [0.05, 0.1) is 0 Å². The SMILES string of the molecule is CCCCc1ccc(CCC(C)=O)cc1. The van der Waals surface area contributed by atoms with E-state index in [1.54, 1.807) is 6.92 Å². The molecule has 0 fully saturated rings. The topological polar surface area (TPSA) is 17.1 Å². The molecule has 0 spiro atoms. The lowest BCUT2D eigenvalue weighted by atomic mass is 10.0. The van der Waals surface area contributed by atoms with Crippen LogP contribution in [0.2, 0.25) is 0 Å². The second-order valence-electron chi connectivity index (χ2n) is 4.12. The number of ketones is 1. The fourth-order valence-electron chi connectivity index (χ4n) is 1.57. The molecule has 0 bridgehead atoms. The summed E-state index contributed by atoms with van der Waals surface area (Å²) in [6, 6.07) is 8.66. The van der Waals surface area contributed by atoms with E-state index in [1.165, 1.54) is 30.4 Å². The van der Waals surface area contributed by atoms with Crippen molar-refractivity contribution in [1.29, 1.82) is 0 Å². The highest BCUT2D eigenvalue weighted by molar-refractivity contribution is 5.75. The third-order valence-corrected chi connectivity index (χ3v) is 2.61. The van der Waals surface area contributed by atoms with Gasteiger partial charge in [0.25, 0.3) is 0 Å². The Labute approximate surface area is 92.5 Å². The van der Waals surface area contributed by atoms with Crippen LogP contribution in [-0.2, 0) is 17.6 Å². The summed E-state index contributed by atoms with van der Waals surface area (Å²) in [6.45, 7) is 3.86. The van der Waals surface area contributed by atoms with Crippen LogP contribution in [0.3, 0.4) is 0 Å². The summed E-state index contributed by atoms with van der Waals surface area (Å²) >= 11 is 0. The van der Waals surface area contributed by atoms with Crippen molar-refractivity contribution in [2.75, 3.05) is 0 Å². The summed E-state index contributed by atoms with van der Waals surface area (Å²) in [4.78, 5) is 10.8. The van der Waals surface area contributed by atoms with Gasteiger partial charge in [0.15, 0.2) is 0 Å². The number of hydrogen-bond acceptors (Lipinski definition) is 1. The molecule has 0 saturated heterocycles. The van der Waals surface area contributed by atoms with E-state index >= 15 is 0 Å². The molecule has 1 aromatic rings. The maximum Gasteiger partial charge on any atom is 0.130 e. The summed E-state index contributed by atoms with van der Waals surface area (Å²) in [5, 5.41) is 0. The van der Waals surface area contributed by atoms with Gasteiger partial charge in [0.1, 0.15) is 5.78 Å². The average Bonchev–Trinajstić information content (AvgIpc) is 2.25. The summed E-state index contributed by atoms with van der Waals surface area (Å²) in [5.74, 6) is 0.269. The molecule has 0 amide bonds. The summed E-state index contributed by atoms with van der Waals surface area (Å²) in [6.07, 6.45) is 5.21. The molecule has 1 rings (SSSR count). The van der Waals surface area contributed by atoms with Gasteiger partial charge >= 0.3 is 0 Å². The van der Waals surface area contributed by atoms with Gasteiger partial charge in [0.2, 0.25) is 0 Å². The van der Waals surface area contributed by atoms with Gasteiger partial charge in [0, 0.05) is 6.42 Å². The number of unbranched alkanes of at least 4 members (excludes halogenated alkanes) is 1. The molecule has 1 nitrogen and oxygen atoms in total. The lowest BCUT2D eigenvalue weighted by Gasteiger charge is -2.02. The Morgan fingerprint density at radius 3 is 2.07 bits per heavy atom. The van der Waals surface area contributed by atoms with E-state index in [4.69, 9.17) is 0 Å². The van der Waals surface area contributed by atoms with E-state index in [0.29, 0.717) is 6.42 Å². The van der Waals surface area contributed by atoms with Crippen molar-refractivity contribution in [2.24, 2.45) is 0 Å². The fourth-order valence-corrected chi connectivity index (χ4v) is 1.57. The van der Waals surface area contributed by atoms with Gasteiger partial charge < -0.3 is 4.79 Å². The number of aryl methyl sites for hydroxylation is 2. The number of hydrogen-bond donors (Lipinski definition) is 0. The minimum absolute atomic E-state index is 0.269. The molecular formula is C14H20O. The summed E-state index contributed by atoms with van der Waals surface area (Å²) in [7, 11) is 0. The van der Waals surface area contributed by atoms with Crippen LogP contribution in [0.15, 0.2) is 24.3 Å². The molecule has 1 aromatic carbocycles. The molecular weight excluding hydrogens is 184 g/mol. The Kier molecular flexibility index (Phi) is 5.09. The predicted molar refractivity (Wildman–Crippen MR) is 64.1 cm³/mol. The van der Waals surface area contributed by atoms with Crippen molar-refractivity contribution in [3.05, 3.63) is 35.4 Å². The van der Waals surface area contributed by atoms with E-state index in [2.05, 4.69) is 31.2 Å². The van der Waals surface area contributed by atoms with Crippen LogP contribution in [-0.4, -0.2) is 5.78 Å². The standard InChI is InChI=1S/C14H20O/c1-3-4-5-13-8-10-14(11-9-13)7-6-12(2)15/h8-11H,3-7H2,1-2H3. The number of carbonyl (C=O) groups is 1. The number of rotatable bonds is 6. The second kappa shape index (κ2) is 6.39. The van der Waals surface area contributed by atoms with Crippen LogP contribution in [0.1, 0.15) is 44.2 Å². The van der Waals surface area contributed by atoms with Crippen LogP contribution in [0, 0.1) is 0 Å². The molecule has 0 heterocycles. The first-order chi connectivity index (χ1) is 7.22. The fraction of sp³-hybridized carbons (Fsp3) is 0.500. The average molecular weight is 204 g/mol. The first-order valence-electron chi connectivity index (χ1n) is 5.79. The lowest BCUT2D eigenvalue weighted by Crippen LogP contribution is -1.94. The van der Waals surface area contributed by atoms with E-state index in [0.717, 1.165) is 6.42 Å². The Morgan fingerprint density at radius 1 is 1.07 bits per heavy atom. The van der Waals surface area contributed by atoms with Crippen molar-refractivity contribution in [1.82, 2.24) is 0 Å². The van der Waals surface area contributed by atoms with Crippen LogP contribution in [0.25, 0.3) is 0 Å². The smallest absolute Gasteiger partial charge is 0.130 e. The van der Waals surface area contributed by atoms with Crippen LogP contribution < -0.4 is 0 Å². The first-order valence-corrected chi connectivity index (χ1v) is 5.79. The third-order valence-electron chi connectivity index (χ3n) is 2.61. The number of benzene rings is 1. The van der Waals surface area contributed by atoms with Crippen LogP contribution >= 0.6 is 0 Å². The van der Waals surface area contributed by atoms with Gasteiger partial charge in [-0.25, -0.2) is 0 Å². The molecule has 0 aromatic heterocycles. The highest BCUT2D eigenvalue weighted by Crippen LogP contribution is 2.09. The molecule has 0 N–H and O–H groups in total. The Balaban J connectivity index is 2.45. The molecule has 0 unspecified atom stereocenters. The zero-order valence-electron chi connectivity index (χ0n) is 9.75. The van der Waals surface area contributed by atoms with Gasteiger partial charge in [-0.3, -0.25) is 0 Å². The summed E-state index contributed by atoms with van der Waals surface area (Å²) in [5.41, 5.74) is 2.67. The summed E-state index contributed by atoms with van der Waals surface area (Å²) < 4.78 is 0. The molecule has 0 aliphatic carbocycles. The molecule has 0 aliphatic rings. The van der Waals surface area contributed by atoms with Gasteiger partial charge in [-0.2, -0.15) is 0 Å². The van der Waals surface area contributed by atoms with E-state index in [9.17, 15) is 4.79 Å². The molecule has 82 valence electrons. The first kappa shape index (κ1) is 12.0. The lowest BCUT2D eigenvalue weighted by molar-refractivity contribution is -0.116. The molecule has 0 aliphatic heterocycles. The van der Waals surface area contributed by atoms with E-state index in [1.807, 2.05) is 0 Å². The highest BCUT2D eigenvalue weighted by atomic mass is 16.1. The molecule has 0 saturated carbocycles. The van der Waals surface area contributed by atoms with Crippen molar-refractivity contribution >= 4 is 5.78 Å². The quantitative estimate of drug-likeness (QED) is 0.692. The number of Topliss-reactive ketones (excluding diaryl/α,β-unsaturated/α-hetero) is 1. The minimum atomic E-state index is 0.269. The maximum atomic E-state index is 10.8. The molecule has 0 atom stereocenters. The molecule has 15 heavy (non-hydrogen) atoms. The monoisotopic (exact) mass is 204 g/mol. The van der Waals surface area contributed by atoms with Gasteiger partial charge in [-0.15, -0.1) is 0 Å². The zero-order chi connectivity index (χ0) is 11.1. The van der Waals surface area contributed by atoms with Crippen LogP contribution in [0.4, 0.5) is 0 Å². The molecule has 1 heteroatoms. The van der Waals surface area contributed by atoms with Crippen LogP contribution in [0.5, 0.6) is 0 Å². The normalized spacial score (nSPS) is 10.3. The van der Waals surface area contributed by atoms with Gasteiger partial charge in [-0.05, 0) is 37.3 Å². The van der Waals surface area contributed by atoms with Crippen molar-refractivity contribution in [3.63, 3.8) is 0 Å². The maximum absolute atomic E-state index is 10.8.